The van der Waals surface area contributed by atoms with Crippen LogP contribution in [0.25, 0.3) is 0 Å². The quantitative estimate of drug-likeness (QED) is 0.919. The van der Waals surface area contributed by atoms with Gasteiger partial charge in [-0.25, -0.2) is 14.8 Å². The molecule has 3 heterocycles. The first-order chi connectivity index (χ1) is 11.2. The molecule has 23 heavy (non-hydrogen) atoms. The van der Waals surface area contributed by atoms with Gasteiger partial charge in [-0.15, -0.1) is 0 Å². The van der Waals surface area contributed by atoms with Gasteiger partial charge in [-0.1, -0.05) is 0 Å². The van der Waals surface area contributed by atoms with Crippen LogP contribution in [-0.2, 0) is 0 Å². The van der Waals surface area contributed by atoms with Gasteiger partial charge in [-0.05, 0) is 31.0 Å². The Morgan fingerprint density at radius 2 is 2.22 bits per heavy atom. The number of carbonyl (C=O) groups excluding carboxylic acids is 1. The van der Waals surface area contributed by atoms with Crippen LogP contribution < -0.4 is 10.4 Å². The van der Waals surface area contributed by atoms with E-state index in [2.05, 4.69) is 15.0 Å². The zero-order valence-corrected chi connectivity index (χ0v) is 12.9. The number of nitrogens with one attached hydrogen (secondary N) is 1. The number of nitrogens with zero attached hydrogens (tertiary/aromatic N) is 3. The highest BCUT2D eigenvalue weighted by Crippen LogP contribution is 2.27. The lowest BCUT2D eigenvalue weighted by molar-refractivity contribution is 0.0701. The highest BCUT2D eigenvalue weighted by molar-refractivity contribution is 5.96. The average molecular weight is 314 g/mol. The number of likely N-dealkylation sites (tertiary alicyclic amines) is 1. The zero-order chi connectivity index (χ0) is 16.2. The van der Waals surface area contributed by atoms with Gasteiger partial charge in [0.15, 0.2) is 0 Å². The van der Waals surface area contributed by atoms with Crippen LogP contribution in [0.2, 0.25) is 0 Å². The average Bonchev–Trinajstić information content (AvgIpc) is 2.61. The van der Waals surface area contributed by atoms with Crippen LogP contribution in [0.3, 0.4) is 0 Å². The Kier molecular flexibility index (Phi) is 4.36. The van der Waals surface area contributed by atoms with E-state index in [4.69, 9.17) is 4.74 Å². The SMILES string of the molecule is COc1ncccc1C(=O)N1CCCC(c2ccnc(=O)[nH]2)C1. The number of rotatable bonds is 3. The van der Waals surface area contributed by atoms with Crippen LogP contribution in [0.5, 0.6) is 5.88 Å². The third-order valence-electron chi connectivity index (χ3n) is 4.04. The van der Waals surface area contributed by atoms with E-state index < -0.39 is 0 Å². The molecule has 1 aliphatic heterocycles. The van der Waals surface area contributed by atoms with Crippen molar-refractivity contribution in [2.24, 2.45) is 0 Å². The molecule has 2 aromatic heterocycles. The van der Waals surface area contributed by atoms with Gasteiger partial charge in [-0.3, -0.25) is 4.79 Å². The standard InChI is InChI=1S/C16H18N4O3/c1-23-14-12(5-2-7-17-14)15(21)20-9-3-4-11(10-20)13-6-8-18-16(22)19-13/h2,5-8,11H,3-4,9-10H2,1H3,(H,18,19,22). The summed E-state index contributed by atoms with van der Waals surface area (Å²) in [6.07, 6.45) is 4.90. The Balaban J connectivity index is 1.81. The van der Waals surface area contributed by atoms with Crippen molar-refractivity contribution < 1.29 is 9.53 Å². The van der Waals surface area contributed by atoms with Gasteiger partial charge >= 0.3 is 5.69 Å². The van der Waals surface area contributed by atoms with Crippen molar-refractivity contribution in [1.29, 1.82) is 0 Å². The van der Waals surface area contributed by atoms with Gasteiger partial charge in [0, 0.05) is 37.1 Å². The summed E-state index contributed by atoms with van der Waals surface area (Å²) in [4.78, 5) is 36.4. The highest BCUT2D eigenvalue weighted by Gasteiger charge is 2.27. The molecule has 0 radical (unpaired) electrons. The molecule has 2 aromatic rings. The molecule has 120 valence electrons. The van der Waals surface area contributed by atoms with E-state index in [1.165, 1.54) is 13.3 Å². The second-order valence-corrected chi connectivity index (χ2v) is 5.48. The van der Waals surface area contributed by atoms with Crippen LogP contribution in [0.4, 0.5) is 0 Å². The summed E-state index contributed by atoms with van der Waals surface area (Å²) >= 11 is 0. The predicted molar refractivity (Wildman–Crippen MR) is 83.5 cm³/mol. The van der Waals surface area contributed by atoms with Gasteiger partial charge in [0.25, 0.3) is 5.91 Å². The van der Waals surface area contributed by atoms with E-state index in [0.29, 0.717) is 24.5 Å². The summed E-state index contributed by atoms with van der Waals surface area (Å²) in [5.74, 6) is 0.332. The number of amides is 1. The highest BCUT2D eigenvalue weighted by atomic mass is 16.5. The van der Waals surface area contributed by atoms with Gasteiger partial charge < -0.3 is 14.6 Å². The molecular formula is C16H18N4O3. The molecule has 0 saturated carbocycles. The number of hydrogen-bond acceptors (Lipinski definition) is 5. The summed E-state index contributed by atoms with van der Waals surface area (Å²) in [5, 5.41) is 0. The zero-order valence-electron chi connectivity index (χ0n) is 12.9. The van der Waals surface area contributed by atoms with Crippen molar-refractivity contribution in [1.82, 2.24) is 19.9 Å². The molecule has 0 bridgehead atoms. The van der Waals surface area contributed by atoms with Gasteiger partial charge in [0.2, 0.25) is 5.88 Å². The number of aromatic nitrogens is 3. The summed E-state index contributed by atoms with van der Waals surface area (Å²) in [5.41, 5.74) is 0.916. The van der Waals surface area contributed by atoms with Crippen molar-refractivity contribution in [3.63, 3.8) is 0 Å². The van der Waals surface area contributed by atoms with Crippen molar-refractivity contribution >= 4 is 5.91 Å². The Labute approximate surface area is 133 Å². The number of H-pyrrole nitrogens is 1. The molecule has 1 saturated heterocycles. The molecule has 7 nitrogen and oxygen atoms in total. The Morgan fingerprint density at radius 1 is 1.35 bits per heavy atom. The molecule has 1 aliphatic rings. The number of carbonyl (C=O) groups is 1. The molecule has 1 atom stereocenters. The van der Waals surface area contributed by atoms with Crippen LogP contribution in [0.1, 0.15) is 34.8 Å². The largest absolute Gasteiger partial charge is 0.480 e. The van der Waals surface area contributed by atoms with E-state index in [1.807, 2.05) is 0 Å². The van der Waals surface area contributed by atoms with Crippen LogP contribution in [0, 0.1) is 0 Å². The molecule has 1 fully saturated rings. The number of pyridine rings is 1. The fraction of sp³-hybridized carbons (Fsp3) is 0.375. The maximum absolute atomic E-state index is 12.7. The lowest BCUT2D eigenvalue weighted by Gasteiger charge is -2.32. The molecule has 3 rings (SSSR count). The van der Waals surface area contributed by atoms with E-state index in [0.717, 1.165) is 18.5 Å². The monoisotopic (exact) mass is 314 g/mol. The first-order valence-corrected chi connectivity index (χ1v) is 7.52. The topological polar surface area (TPSA) is 88.2 Å². The van der Waals surface area contributed by atoms with E-state index >= 15 is 0 Å². The fourth-order valence-corrected chi connectivity index (χ4v) is 2.92. The Hall–Kier alpha value is -2.70. The molecule has 0 spiro atoms. The van der Waals surface area contributed by atoms with Gasteiger partial charge in [-0.2, -0.15) is 0 Å². The first-order valence-electron chi connectivity index (χ1n) is 7.52. The van der Waals surface area contributed by atoms with Crippen LogP contribution in [0.15, 0.2) is 35.4 Å². The maximum Gasteiger partial charge on any atom is 0.345 e. The molecular weight excluding hydrogens is 296 g/mol. The van der Waals surface area contributed by atoms with E-state index in [1.54, 1.807) is 29.3 Å². The number of methoxy groups -OCH3 is 1. The molecule has 1 unspecified atom stereocenters. The van der Waals surface area contributed by atoms with Crippen molar-refractivity contribution in [3.05, 3.63) is 52.3 Å². The van der Waals surface area contributed by atoms with Gasteiger partial charge in [0.1, 0.15) is 5.56 Å². The lowest BCUT2D eigenvalue weighted by Crippen LogP contribution is -2.39. The first kappa shape index (κ1) is 15.2. The van der Waals surface area contributed by atoms with E-state index in [9.17, 15) is 9.59 Å². The van der Waals surface area contributed by atoms with Crippen molar-refractivity contribution in [2.75, 3.05) is 20.2 Å². The normalized spacial score (nSPS) is 17.8. The Morgan fingerprint density at radius 3 is 3.00 bits per heavy atom. The second kappa shape index (κ2) is 6.60. The minimum atomic E-state index is -0.361. The number of hydrogen-bond donors (Lipinski definition) is 1. The van der Waals surface area contributed by atoms with Crippen molar-refractivity contribution in [3.8, 4) is 5.88 Å². The number of aromatic amines is 1. The smallest absolute Gasteiger partial charge is 0.345 e. The van der Waals surface area contributed by atoms with Crippen LogP contribution >= 0.6 is 0 Å². The molecule has 0 aromatic carbocycles. The predicted octanol–water partition coefficient (Wildman–Crippen LogP) is 1.19. The summed E-state index contributed by atoms with van der Waals surface area (Å²) < 4.78 is 5.17. The Bertz CT molecular complexity index is 759. The number of piperidine rings is 1. The fourth-order valence-electron chi connectivity index (χ4n) is 2.92. The molecule has 1 amide bonds. The summed E-state index contributed by atoms with van der Waals surface area (Å²) in [6, 6.07) is 5.23. The minimum absolute atomic E-state index is 0.101. The van der Waals surface area contributed by atoms with Crippen molar-refractivity contribution in [2.45, 2.75) is 18.8 Å². The van der Waals surface area contributed by atoms with Gasteiger partial charge in [0.05, 0.1) is 7.11 Å². The maximum atomic E-state index is 12.7. The minimum Gasteiger partial charge on any atom is -0.480 e. The lowest BCUT2D eigenvalue weighted by atomic mass is 9.94. The van der Waals surface area contributed by atoms with Crippen LogP contribution in [-0.4, -0.2) is 46.0 Å². The third-order valence-corrected chi connectivity index (χ3v) is 4.04. The summed E-state index contributed by atoms with van der Waals surface area (Å²) in [7, 11) is 1.50. The number of ether oxygens (including phenoxy) is 1. The van der Waals surface area contributed by atoms with E-state index in [-0.39, 0.29) is 17.5 Å². The second-order valence-electron chi connectivity index (χ2n) is 5.48. The molecule has 1 N–H and O–H groups in total. The molecule has 0 aliphatic carbocycles. The summed E-state index contributed by atoms with van der Waals surface area (Å²) in [6.45, 7) is 1.24. The third kappa shape index (κ3) is 3.23. The molecule has 7 heteroatoms.